The van der Waals surface area contributed by atoms with Gasteiger partial charge in [0.15, 0.2) is 11.6 Å². The topological polar surface area (TPSA) is 47.6 Å². The molecule has 0 spiro atoms. The zero-order valence-corrected chi connectivity index (χ0v) is 9.63. The van der Waals surface area contributed by atoms with Crippen molar-refractivity contribution in [2.24, 2.45) is 0 Å². The number of hydrogen-bond donors (Lipinski definition) is 0. The van der Waals surface area contributed by atoms with E-state index in [1.807, 2.05) is 0 Å². The maximum atomic E-state index is 13.8. The molecule has 2 bridgehead atoms. The second kappa shape index (κ2) is 3.78. The van der Waals surface area contributed by atoms with Crippen LogP contribution in [0, 0.1) is 34.3 Å². The highest BCUT2D eigenvalue weighted by Gasteiger charge is 2.39. The van der Waals surface area contributed by atoms with Crippen LogP contribution in [0.15, 0.2) is 0 Å². The minimum atomic E-state index is -1.15. The fraction of sp³-hybridized carbons (Fsp3) is 0.429. The Hall–Kier alpha value is -1.94. The summed E-state index contributed by atoms with van der Waals surface area (Å²) in [5, 5.41) is 18.1. The Balaban J connectivity index is 2.43. The molecule has 1 aromatic carbocycles. The van der Waals surface area contributed by atoms with Crippen LogP contribution in [0.4, 0.5) is 8.78 Å². The number of benzene rings is 1. The molecule has 0 saturated heterocycles. The summed E-state index contributed by atoms with van der Waals surface area (Å²) in [4.78, 5) is 0. The van der Waals surface area contributed by atoms with Gasteiger partial charge in [-0.05, 0) is 48.6 Å². The van der Waals surface area contributed by atoms with Gasteiger partial charge in [-0.2, -0.15) is 10.5 Å². The summed E-state index contributed by atoms with van der Waals surface area (Å²) < 4.78 is 27.6. The van der Waals surface area contributed by atoms with Crippen molar-refractivity contribution < 1.29 is 8.78 Å². The monoisotopic (exact) mass is 244 g/mol. The molecule has 2 nitrogen and oxygen atoms in total. The van der Waals surface area contributed by atoms with E-state index in [0.29, 0.717) is 11.1 Å². The Morgan fingerprint density at radius 2 is 1.11 bits per heavy atom. The van der Waals surface area contributed by atoms with E-state index >= 15 is 0 Å². The van der Waals surface area contributed by atoms with Gasteiger partial charge in [0.25, 0.3) is 0 Å². The van der Waals surface area contributed by atoms with Gasteiger partial charge in [0.2, 0.25) is 0 Å². The third kappa shape index (κ3) is 1.24. The average Bonchev–Trinajstić information content (AvgIpc) is 2.42. The van der Waals surface area contributed by atoms with Crippen molar-refractivity contribution in [2.45, 2.75) is 37.5 Å². The minimum absolute atomic E-state index is 0.113. The zero-order chi connectivity index (χ0) is 12.9. The highest BCUT2D eigenvalue weighted by Crippen LogP contribution is 2.52. The molecule has 3 aliphatic rings. The Kier molecular flexibility index (Phi) is 2.35. The second-order valence-corrected chi connectivity index (χ2v) is 4.98. The van der Waals surface area contributed by atoms with Crippen LogP contribution in [0.25, 0.3) is 0 Å². The molecule has 0 unspecified atom stereocenters. The second-order valence-electron chi connectivity index (χ2n) is 4.98. The molecule has 0 aromatic heterocycles. The fourth-order valence-corrected chi connectivity index (χ4v) is 3.46. The fourth-order valence-electron chi connectivity index (χ4n) is 3.46. The first-order valence-corrected chi connectivity index (χ1v) is 6.04. The molecule has 0 atom stereocenters. The summed E-state index contributed by atoms with van der Waals surface area (Å²) in [6, 6.07) is 3.55. The quantitative estimate of drug-likeness (QED) is 0.701. The normalized spacial score (nSPS) is 24.2. The number of fused-ring (bicyclic) bond motifs is 2. The van der Waals surface area contributed by atoms with Crippen LogP contribution in [0.1, 0.15) is 59.8 Å². The molecule has 1 aromatic rings. The third-order valence-corrected chi connectivity index (χ3v) is 4.23. The predicted molar refractivity (Wildman–Crippen MR) is 59.7 cm³/mol. The molecule has 1 saturated carbocycles. The first-order valence-electron chi connectivity index (χ1n) is 6.04. The zero-order valence-electron chi connectivity index (χ0n) is 9.63. The van der Waals surface area contributed by atoms with Gasteiger partial charge in [-0.25, -0.2) is 8.78 Å². The van der Waals surface area contributed by atoms with Gasteiger partial charge in [0.1, 0.15) is 12.1 Å². The molecule has 1 fully saturated rings. The Morgan fingerprint density at radius 3 is 1.39 bits per heavy atom. The number of rotatable bonds is 0. The van der Waals surface area contributed by atoms with Crippen LogP contribution in [-0.2, 0) is 0 Å². The number of halogens is 2. The SMILES string of the molecule is N#Cc1c(F)c(F)c(C#N)c2c1C1CCC2CC1. The van der Waals surface area contributed by atoms with E-state index in [0.717, 1.165) is 25.7 Å². The van der Waals surface area contributed by atoms with Crippen molar-refractivity contribution >= 4 is 0 Å². The lowest BCUT2D eigenvalue weighted by Gasteiger charge is -2.39. The van der Waals surface area contributed by atoms with Crippen LogP contribution in [0.3, 0.4) is 0 Å². The molecule has 18 heavy (non-hydrogen) atoms. The first kappa shape index (κ1) is 11.2. The van der Waals surface area contributed by atoms with Crippen molar-refractivity contribution in [3.8, 4) is 12.1 Å². The van der Waals surface area contributed by atoms with Gasteiger partial charge < -0.3 is 0 Å². The van der Waals surface area contributed by atoms with Crippen LogP contribution in [-0.4, -0.2) is 0 Å². The maximum absolute atomic E-state index is 13.8. The molecule has 4 rings (SSSR count). The highest BCUT2D eigenvalue weighted by atomic mass is 19.2. The molecular weight excluding hydrogens is 234 g/mol. The van der Waals surface area contributed by atoms with E-state index in [9.17, 15) is 8.78 Å². The lowest BCUT2D eigenvalue weighted by atomic mass is 9.64. The molecule has 90 valence electrons. The van der Waals surface area contributed by atoms with Crippen LogP contribution < -0.4 is 0 Å². The van der Waals surface area contributed by atoms with E-state index in [2.05, 4.69) is 0 Å². The van der Waals surface area contributed by atoms with Crippen molar-refractivity contribution in [1.29, 1.82) is 10.5 Å². The van der Waals surface area contributed by atoms with Gasteiger partial charge in [-0.3, -0.25) is 0 Å². The van der Waals surface area contributed by atoms with E-state index in [1.165, 1.54) is 0 Å². The smallest absolute Gasteiger partial charge is 0.178 e. The Bertz CT molecular complexity index is 559. The van der Waals surface area contributed by atoms with Crippen LogP contribution >= 0.6 is 0 Å². The molecule has 0 radical (unpaired) electrons. The lowest BCUT2D eigenvalue weighted by Crippen LogP contribution is -2.25. The molecule has 0 amide bonds. The molecule has 4 heteroatoms. The summed E-state index contributed by atoms with van der Waals surface area (Å²) in [6.07, 6.45) is 3.62. The van der Waals surface area contributed by atoms with Crippen molar-refractivity contribution in [2.75, 3.05) is 0 Å². The maximum Gasteiger partial charge on any atom is 0.178 e. The number of nitriles is 2. The van der Waals surface area contributed by atoms with Crippen molar-refractivity contribution in [1.82, 2.24) is 0 Å². The number of nitrogens with zero attached hydrogens (tertiary/aromatic N) is 2. The minimum Gasteiger partial charge on any atom is -0.202 e. The lowest BCUT2D eigenvalue weighted by molar-refractivity contribution is 0.351. The summed E-state index contributed by atoms with van der Waals surface area (Å²) in [5.74, 6) is -2.08. The summed E-state index contributed by atoms with van der Waals surface area (Å²) in [5.41, 5.74) is 0.845. The summed E-state index contributed by atoms with van der Waals surface area (Å²) >= 11 is 0. The van der Waals surface area contributed by atoms with E-state index in [1.54, 1.807) is 12.1 Å². The van der Waals surface area contributed by atoms with Gasteiger partial charge in [0, 0.05) is 0 Å². The van der Waals surface area contributed by atoms with Crippen molar-refractivity contribution in [3.63, 3.8) is 0 Å². The largest absolute Gasteiger partial charge is 0.202 e. The third-order valence-electron chi connectivity index (χ3n) is 4.23. The van der Waals surface area contributed by atoms with Gasteiger partial charge in [-0.1, -0.05) is 0 Å². The predicted octanol–water partition coefficient (Wildman–Crippen LogP) is 3.46. The summed E-state index contributed by atoms with van der Waals surface area (Å²) in [7, 11) is 0. The van der Waals surface area contributed by atoms with Crippen LogP contribution in [0.2, 0.25) is 0 Å². The van der Waals surface area contributed by atoms with E-state index in [4.69, 9.17) is 10.5 Å². The summed E-state index contributed by atoms with van der Waals surface area (Å²) in [6.45, 7) is 0. The van der Waals surface area contributed by atoms with E-state index in [-0.39, 0.29) is 23.0 Å². The molecule has 0 heterocycles. The molecule has 0 N–H and O–H groups in total. The average molecular weight is 244 g/mol. The number of hydrogen-bond acceptors (Lipinski definition) is 2. The van der Waals surface area contributed by atoms with Crippen molar-refractivity contribution in [3.05, 3.63) is 33.9 Å². The van der Waals surface area contributed by atoms with Gasteiger partial charge >= 0.3 is 0 Å². The first-order chi connectivity index (χ1) is 8.69. The Morgan fingerprint density at radius 1 is 0.778 bits per heavy atom. The Labute approximate surface area is 103 Å². The molecular formula is C14H10F2N2. The van der Waals surface area contributed by atoms with E-state index < -0.39 is 11.6 Å². The van der Waals surface area contributed by atoms with Gasteiger partial charge in [0.05, 0.1) is 11.1 Å². The molecule has 3 aliphatic carbocycles. The van der Waals surface area contributed by atoms with Gasteiger partial charge in [-0.15, -0.1) is 0 Å². The van der Waals surface area contributed by atoms with Crippen LogP contribution in [0.5, 0.6) is 0 Å². The standard InChI is InChI=1S/C14H10F2N2/c15-13-9(5-17)11-7-1-2-8(4-3-7)12(11)10(6-18)14(13)16/h7-8H,1-4H2. The molecule has 0 aliphatic heterocycles. The highest BCUT2D eigenvalue weighted by molar-refractivity contribution is 5.57.